The van der Waals surface area contributed by atoms with Gasteiger partial charge in [-0.05, 0) is 62.8 Å². The van der Waals surface area contributed by atoms with Crippen molar-refractivity contribution in [3.63, 3.8) is 0 Å². The van der Waals surface area contributed by atoms with Crippen LogP contribution in [0.25, 0.3) is 0 Å². The molecule has 0 bridgehead atoms. The van der Waals surface area contributed by atoms with Crippen molar-refractivity contribution in [3.05, 3.63) is 35.9 Å². The molecule has 3 aliphatic heterocycles. The Balaban J connectivity index is 1.18. The molecule has 1 aromatic carbocycles. The van der Waals surface area contributed by atoms with Gasteiger partial charge in [0.05, 0.1) is 11.0 Å². The van der Waals surface area contributed by atoms with Gasteiger partial charge in [0, 0.05) is 39.2 Å². The zero-order valence-electron chi connectivity index (χ0n) is 18.0. The number of amides is 2. The molecule has 4 fully saturated rings. The molecule has 1 aliphatic carbocycles. The molecule has 30 heavy (non-hydrogen) atoms. The fourth-order valence-electron chi connectivity index (χ4n) is 5.92. The van der Waals surface area contributed by atoms with Crippen molar-refractivity contribution >= 4 is 11.8 Å². The largest absolute Gasteiger partial charge is 0.375 e. The molecular formula is C25H34N2O3. The van der Waals surface area contributed by atoms with E-state index in [1.54, 1.807) is 0 Å². The highest BCUT2D eigenvalue weighted by Crippen LogP contribution is 2.50. The second-order valence-electron chi connectivity index (χ2n) is 9.92. The van der Waals surface area contributed by atoms with Crippen LogP contribution in [0.2, 0.25) is 0 Å². The van der Waals surface area contributed by atoms with Crippen LogP contribution in [0.3, 0.4) is 0 Å². The van der Waals surface area contributed by atoms with Crippen molar-refractivity contribution in [1.82, 2.24) is 9.80 Å². The predicted molar refractivity (Wildman–Crippen MR) is 115 cm³/mol. The average Bonchev–Trinajstić information content (AvgIpc) is 3.40. The fraction of sp³-hybridized carbons (Fsp3) is 0.680. The second kappa shape index (κ2) is 7.99. The number of carbonyl (C=O) groups excluding carboxylic acids is 2. The molecule has 3 saturated heterocycles. The lowest BCUT2D eigenvalue weighted by Gasteiger charge is -2.47. The van der Waals surface area contributed by atoms with Crippen LogP contribution < -0.4 is 0 Å². The number of benzene rings is 1. The van der Waals surface area contributed by atoms with E-state index in [0.29, 0.717) is 24.2 Å². The lowest BCUT2D eigenvalue weighted by molar-refractivity contribution is -0.151. The van der Waals surface area contributed by atoms with Gasteiger partial charge in [-0.1, -0.05) is 30.3 Å². The first-order valence-electron chi connectivity index (χ1n) is 11.9. The minimum absolute atomic E-state index is 0.131. The summed E-state index contributed by atoms with van der Waals surface area (Å²) in [5, 5.41) is 0. The summed E-state index contributed by atoms with van der Waals surface area (Å²) in [6, 6.07) is 10.3. The van der Waals surface area contributed by atoms with Gasteiger partial charge in [-0.25, -0.2) is 0 Å². The van der Waals surface area contributed by atoms with Gasteiger partial charge in [0.25, 0.3) is 0 Å². The van der Waals surface area contributed by atoms with E-state index >= 15 is 0 Å². The summed E-state index contributed by atoms with van der Waals surface area (Å²) in [5.41, 5.74) is 0.767. The smallest absolute Gasteiger partial charge is 0.233 e. The first-order valence-corrected chi connectivity index (χ1v) is 11.9. The van der Waals surface area contributed by atoms with Crippen LogP contribution in [0.1, 0.15) is 63.4 Å². The highest BCUT2D eigenvalue weighted by Gasteiger charge is 2.54. The third-order valence-electron chi connectivity index (χ3n) is 7.96. The van der Waals surface area contributed by atoms with Gasteiger partial charge in [-0.3, -0.25) is 9.59 Å². The average molecular weight is 411 g/mol. The number of carbonyl (C=O) groups is 2. The molecule has 1 unspecified atom stereocenters. The van der Waals surface area contributed by atoms with Crippen LogP contribution in [0, 0.1) is 5.92 Å². The Bertz CT molecular complexity index is 775. The van der Waals surface area contributed by atoms with Crippen LogP contribution >= 0.6 is 0 Å². The van der Waals surface area contributed by atoms with E-state index in [0.717, 1.165) is 84.2 Å². The molecule has 0 radical (unpaired) electrons. The molecule has 0 N–H and O–H groups in total. The lowest BCUT2D eigenvalue weighted by Crippen LogP contribution is -2.53. The van der Waals surface area contributed by atoms with Crippen molar-refractivity contribution in [2.75, 3.05) is 32.8 Å². The summed E-state index contributed by atoms with van der Waals surface area (Å²) < 4.78 is 6.29. The Hall–Kier alpha value is -1.88. The maximum absolute atomic E-state index is 13.3. The molecule has 1 saturated carbocycles. The molecule has 1 atom stereocenters. The SMILES string of the molecule is O=C(CC1CCOC2(CCN(C(=O)C3(c4ccccc4)CC3)CC2)C1)N1CCCC1. The molecule has 3 heterocycles. The summed E-state index contributed by atoms with van der Waals surface area (Å²) in [5.74, 6) is 1.06. The van der Waals surface area contributed by atoms with Gasteiger partial charge >= 0.3 is 0 Å². The Morgan fingerprint density at radius 1 is 0.933 bits per heavy atom. The van der Waals surface area contributed by atoms with Crippen LogP contribution in [0.4, 0.5) is 0 Å². The predicted octanol–water partition coefficient (Wildman–Crippen LogP) is 3.52. The summed E-state index contributed by atoms with van der Waals surface area (Å²) in [6.45, 7) is 4.18. The van der Waals surface area contributed by atoms with E-state index in [4.69, 9.17) is 4.74 Å². The zero-order valence-corrected chi connectivity index (χ0v) is 18.0. The normalized spacial score (nSPS) is 27.3. The Labute approximate surface area is 179 Å². The van der Waals surface area contributed by atoms with E-state index in [1.165, 1.54) is 5.56 Å². The number of rotatable bonds is 4. The number of hydrogen-bond acceptors (Lipinski definition) is 3. The molecule has 4 aliphatic rings. The molecule has 5 nitrogen and oxygen atoms in total. The van der Waals surface area contributed by atoms with Gasteiger partial charge in [0.2, 0.25) is 11.8 Å². The highest BCUT2D eigenvalue weighted by molar-refractivity contribution is 5.91. The van der Waals surface area contributed by atoms with Gasteiger partial charge in [0.1, 0.15) is 0 Å². The van der Waals surface area contributed by atoms with Gasteiger partial charge in [0.15, 0.2) is 0 Å². The fourth-order valence-corrected chi connectivity index (χ4v) is 5.92. The van der Waals surface area contributed by atoms with E-state index < -0.39 is 0 Å². The third-order valence-corrected chi connectivity index (χ3v) is 7.96. The first-order chi connectivity index (χ1) is 14.6. The number of piperidine rings is 1. The van der Waals surface area contributed by atoms with Gasteiger partial charge in [-0.15, -0.1) is 0 Å². The standard InChI is InChI=1S/C25H34N2O3/c28-22(26-13-4-5-14-26)18-20-8-17-30-24(19-20)11-15-27(16-12-24)23(29)25(9-10-25)21-6-2-1-3-7-21/h1-3,6-7,20H,4-5,8-19H2. The van der Waals surface area contributed by atoms with Crippen LogP contribution in [0.5, 0.6) is 0 Å². The Morgan fingerprint density at radius 3 is 2.30 bits per heavy atom. The summed E-state index contributed by atoms with van der Waals surface area (Å²) >= 11 is 0. The molecule has 1 spiro atoms. The zero-order chi connectivity index (χ0) is 20.6. The minimum atomic E-state index is -0.274. The van der Waals surface area contributed by atoms with E-state index in [2.05, 4.69) is 17.0 Å². The second-order valence-corrected chi connectivity index (χ2v) is 9.92. The Morgan fingerprint density at radius 2 is 1.63 bits per heavy atom. The van der Waals surface area contributed by atoms with Crippen molar-refractivity contribution in [3.8, 4) is 0 Å². The number of hydrogen-bond donors (Lipinski definition) is 0. The van der Waals surface area contributed by atoms with Crippen molar-refractivity contribution < 1.29 is 14.3 Å². The summed E-state index contributed by atoms with van der Waals surface area (Å²) in [4.78, 5) is 30.1. The first kappa shape index (κ1) is 20.0. The number of nitrogens with zero attached hydrogens (tertiary/aromatic N) is 2. The maximum Gasteiger partial charge on any atom is 0.233 e. The molecule has 0 aromatic heterocycles. The molecule has 1 aromatic rings. The minimum Gasteiger partial charge on any atom is -0.375 e. The molecular weight excluding hydrogens is 376 g/mol. The van der Waals surface area contributed by atoms with E-state index in [1.807, 2.05) is 23.1 Å². The highest BCUT2D eigenvalue weighted by atomic mass is 16.5. The number of likely N-dealkylation sites (tertiary alicyclic amines) is 2. The van der Waals surface area contributed by atoms with Gasteiger partial charge < -0.3 is 14.5 Å². The molecule has 2 amide bonds. The third kappa shape index (κ3) is 3.77. The summed E-state index contributed by atoms with van der Waals surface area (Å²) in [6.07, 6.45) is 8.67. The van der Waals surface area contributed by atoms with Crippen LogP contribution in [-0.2, 0) is 19.7 Å². The maximum atomic E-state index is 13.3. The lowest BCUT2D eigenvalue weighted by atomic mass is 9.78. The van der Waals surface area contributed by atoms with Gasteiger partial charge in [-0.2, -0.15) is 0 Å². The van der Waals surface area contributed by atoms with Crippen molar-refractivity contribution in [2.24, 2.45) is 5.92 Å². The van der Waals surface area contributed by atoms with E-state index in [9.17, 15) is 9.59 Å². The van der Waals surface area contributed by atoms with Crippen LogP contribution in [0.15, 0.2) is 30.3 Å². The molecule has 5 heteroatoms. The topological polar surface area (TPSA) is 49.9 Å². The quantitative estimate of drug-likeness (QED) is 0.763. The van der Waals surface area contributed by atoms with E-state index in [-0.39, 0.29) is 11.0 Å². The number of ether oxygens (including phenoxy) is 1. The molecule has 5 rings (SSSR count). The monoisotopic (exact) mass is 410 g/mol. The molecule has 162 valence electrons. The van der Waals surface area contributed by atoms with Crippen molar-refractivity contribution in [1.29, 1.82) is 0 Å². The van der Waals surface area contributed by atoms with Crippen LogP contribution in [-0.4, -0.2) is 60.0 Å². The summed E-state index contributed by atoms with van der Waals surface area (Å²) in [7, 11) is 0. The van der Waals surface area contributed by atoms with Crippen molar-refractivity contribution in [2.45, 2.75) is 68.8 Å². The Kier molecular flexibility index (Phi) is 5.34.